The van der Waals surface area contributed by atoms with E-state index in [-0.39, 0.29) is 17.8 Å². The first-order valence-corrected chi connectivity index (χ1v) is 11.6. The summed E-state index contributed by atoms with van der Waals surface area (Å²) in [4.78, 5) is 29.7. The van der Waals surface area contributed by atoms with Gasteiger partial charge in [-0.2, -0.15) is 9.78 Å². The van der Waals surface area contributed by atoms with E-state index >= 15 is 0 Å². The van der Waals surface area contributed by atoms with Gasteiger partial charge in [0.25, 0.3) is 0 Å². The summed E-state index contributed by atoms with van der Waals surface area (Å²) in [5.74, 6) is -0.376. The van der Waals surface area contributed by atoms with Crippen LogP contribution in [0.3, 0.4) is 0 Å². The fourth-order valence-electron chi connectivity index (χ4n) is 4.62. The second kappa shape index (κ2) is 8.65. The first-order chi connectivity index (χ1) is 15.5. The van der Waals surface area contributed by atoms with Crippen LogP contribution in [0.2, 0.25) is 5.02 Å². The van der Waals surface area contributed by atoms with Gasteiger partial charge in [0.2, 0.25) is 0 Å². The van der Waals surface area contributed by atoms with Crippen molar-refractivity contribution in [1.82, 2.24) is 19.7 Å². The largest absolute Gasteiger partial charge is 0.476 e. The zero-order chi connectivity index (χ0) is 22.2. The highest BCUT2D eigenvalue weighted by molar-refractivity contribution is 7.13. The van der Waals surface area contributed by atoms with Gasteiger partial charge in [-0.1, -0.05) is 17.7 Å². The molecule has 1 saturated carbocycles. The number of fused-ring (bicyclic) bond motifs is 1. The summed E-state index contributed by atoms with van der Waals surface area (Å²) in [6.07, 6.45) is 5.13. The minimum absolute atomic E-state index is 0.133. The van der Waals surface area contributed by atoms with Crippen molar-refractivity contribution in [2.24, 2.45) is 11.8 Å². The van der Waals surface area contributed by atoms with E-state index in [1.54, 1.807) is 22.4 Å². The number of aromatic nitrogens is 3. The van der Waals surface area contributed by atoms with E-state index in [0.29, 0.717) is 36.6 Å². The third-order valence-electron chi connectivity index (χ3n) is 6.16. The normalized spacial score (nSPS) is 22.3. The minimum Gasteiger partial charge on any atom is -0.476 e. The molecule has 10 heteroatoms. The van der Waals surface area contributed by atoms with Gasteiger partial charge in [-0.3, -0.25) is 0 Å². The Morgan fingerprint density at radius 3 is 2.66 bits per heavy atom. The molecule has 166 valence electrons. The van der Waals surface area contributed by atoms with Gasteiger partial charge in [-0.25, -0.2) is 14.6 Å². The number of benzene rings is 1. The molecule has 0 spiro atoms. The lowest BCUT2D eigenvalue weighted by molar-refractivity contribution is 0.0383. The molecule has 1 saturated heterocycles. The number of ether oxygens (including phenoxy) is 1. The number of carboxylic acid groups (broad SMARTS) is 1. The molecule has 2 aromatic heterocycles. The Morgan fingerprint density at radius 1 is 1.22 bits per heavy atom. The van der Waals surface area contributed by atoms with E-state index in [9.17, 15) is 9.59 Å². The van der Waals surface area contributed by atoms with Crippen molar-refractivity contribution in [1.29, 1.82) is 0 Å². The number of halogens is 1. The molecule has 2 fully saturated rings. The average molecular weight is 473 g/mol. The number of aromatic carboxylic acids is 1. The smallest absolute Gasteiger partial charge is 0.356 e. The number of hydrogen-bond acceptors (Lipinski definition) is 6. The summed E-state index contributed by atoms with van der Waals surface area (Å²) < 4.78 is 7.31. The van der Waals surface area contributed by atoms with E-state index in [4.69, 9.17) is 21.4 Å². The van der Waals surface area contributed by atoms with Crippen molar-refractivity contribution in [2.75, 3.05) is 13.1 Å². The molecule has 0 bridgehead atoms. The van der Waals surface area contributed by atoms with Crippen LogP contribution in [0.1, 0.15) is 28.9 Å². The maximum Gasteiger partial charge on any atom is 0.356 e. The number of carboxylic acids is 1. The molecule has 8 nitrogen and oxygen atoms in total. The van der Waals surface area contributed by atoms with E-state index < -0.39 is 5.97 Å². The Balaban J connectivity index is 1.15. The maximum absolute atomic E-state index is 12.7. The first-order valence-electron chi connectivity index (χ1n) is 10.4. The topological polar surface area (TPSA) is 97.5 Å². The van der Waals surface area contributed by atoms with Crippen molar-refractivity contribution in [3.63, 3.8) is 0 Å². The number of nitrogens with zero attached hydrogens (tertiary/aromatic N) is 4. The highest BCUT2D eigenvalue weighted by Gasteiger charge is 2.43. The van der Waals surface area contributed by atoms with Crippen molar-refractivity contribution in [3.05, 3.63) is 58.3 Å². The van der Waals surface area contributed by atoms with Crippen LogP contribution >= 0.6 is 22.9 Å². The Labute approximate surface area is 193 Å². The Kier molecular flexibility index (Phi) is 5.71. The van der Waals surface area contributed by atoms with Gasteiger partial charge in [0.05, 0.1) is 17.7 Å². The van der Waals surface area contributed by atoms with Gasteiger partial charge < -0.3 is 14.7 Å². The molecule has 3 heterocycles. The SMILES string of the molecule is O=C(O)c1ccn(C(=O)N2C[C@H]3C[C@H](OCc4ccc(Cl)c(-c5nccs5)c4)C[C@H]3C2)n1. The number of rotatable bonds is 5. The summed E-state index contributed by atoms with van der Waals surface area (Å²) in [5.41, 5.74) is 1.85. The van der Waals surface area contributed by atoms with Crippen LogP contribution < -0.4 is 0 Å². The van der Waals surface area contributed by atoms with Crippen LogP contribution in [-0.2, 0) is 11.3 Å². The summed E-state index contributed by atoms with van der Waals surface area (Å²) >= 11 is 7.89. The van der Waals surface area contributed by atoms with E-state index in [2.05, 4.69) is 10.1 Å². The van der Waals surface area contributed by atoms with Gasteiger partial charge in [-0.15, -0.1) is 11.3 Å². The zero-order valence-corrected chi connectivity index (χ0v) is 18.6. The molecule has 1 N–H and O–H groups in total. The summed E-state index contributed by atoms with van der Waals surface area (Å²) in [5, 5.41) is 16.3. The molecule has 32 heavy (non-hydrogen) atoms. The maximum atomic E-state index is 12.7. The van der Waals surface area contributed by atoms with E-state index in [0.717, 1.165) is 33.7 Å². The second-order valence-electron chi connectivity index (χ2n) is 8.21. The van der Waals surface area contributed by atoms with Crippen LogP contribution in [0.5, 0.6) is 0 Å². The van der Waals surface area contributed by atoms with Gasteiger partial charge in [0.15, 0.2) is 5.69 Å². The Hall–Kier alpha value is -2.75. The lowest BCUT2D eigenvalue weighted by Crippen LogP contribution is -2.34. The minimum atomic E-state index is -1.14. The number of thiazole rings is 1. The molecule has 0 unspecified atom stereocenters. The van der Waals surface area contributed by atoms with Crippen LogP contribution in [0.15, 0.2) is 42.0 Å². The lowest BCUT2D eigenvalue weighted by atomic mass is 10.0. The summed E-state index contributed by atoms with van der Waals surface area (Å²) in [6.45, 7) is 1.79. The standard InChI is InChI=1S/C22H21ClN4O4S/c23-18-2-1-13(7-17(18)20-24-4-6-32-20)12-31-16-8-14-10-26(11-15(14)9-16)22(30)27-5-3-19(25-27)21(28)29/h1-7,14-16H,8-12H2,(H,28,29)/t14-,15+,16+. The molecule has 2 aliphatic rings. The predicted molar refractivity (Wildman–Crippen MR) is 119 cm³/mol. The van der Waals surface area contributed by atoms with Gasteiger partial charge in [-0.05, 0) is 48.4 Å². The van der Waals surface area contributed by atoms with Gasteiger partial charge >= 0.3 is 12.0 Å². The molecule has 1 aromatic carbocycles. The highest BCUT2D eigenvalue weighted by atomic mass is 35.5. The number of carbonyl (C=O) groups is 2. The third-order valence-corrected chi connectivity index (χ3v) is 7.30. The predicted octanol–water partition coefficient (Wildman–Crippen LogP) is 4.25. The lowest BCUT2D eigenvalue weighted by Gasteiger charge is -2.19. The zero-order valence-electron chi connectivity index (χ0n) is 17.1. The quantitative estimate of drug-likeness (QED) is 0.596. The molecule has 1 aliphatic carbocycles. The van der Waals surface area contributed by atoms with E-state index in [1.165, 1.54) is 12.3 Å². The summed E-state index contributed by atoms with van der Waals surface area (Å²) in [6, 6.07) is 6.95. The second-order valence-corrected chi connectivity index (χ2v) is 9.52. The van der Waals surface area contributed by atoms with Crippen molar-refractivity contribution in [3.8, 4) is 10.6 Å². The Morgan fingerprint density at radius 2 is 2.00 bits per heavy atom. The fraction of sp³-hybridized carbons (Fsp3) is 0.364. The van der Waals surface area contributed by atoms with E-state index in [1.807, 2.05) is 23.6 Å². The van der Waals surface area contributed by atoms with Gasteiger partial charge in [0, 0.05) is 36.4 Å². The third kappa shape index (κ3) is 4.15. The number of hydrogen-bond donors (Lipinski definition) is 1. The molecule has 3 aromatic rings. The van der Waals surface area contributed by atoms with Crippen LogP contribution in [0, 0.1) is 11.8 Å². The molecule has 0 radical (unpaired) electrons. The first kappa shape index (κ1) is 21.1. The molecule has 1 amide bonds. The number of amides is 1. The summed E-state index contributed by atoms with van der Waals surface area (Å²) in [7, 11) is 0. The molecule has 5 rings (SSSR count). The highest BCUT2D eigenvalue weighted by Crippen LogP contribution is 2.40. The average Bonchev–Trinajstić information content (AvgIpc) is 3.56. The Bertz CT molecular complexity index is 1130. The monoisotopic (exact) mass is 472 g/mol. The van der Waals surface area contributed by atoms with Crippen LogP contribution in [0.4, 0.5) is 4.79 Å². The number of carbonyl (C=O) groups excluding carboxylic acids is 1. The number of likely N-dealkylation sites (tertiary alicyclic amines) is 1. The van der Waals surface area contributed by atoms with Crippen molar-refractivity contribution in [2.45, 2.75) is 25.6 Å². The molecule has 3 atom stereocenters. The molecule has 1 aliphatic heterocycles. The molecular formula is C22H21ClN4O4S. The van der Waals surface area contributed by atoms with Gasteiger partial charge in [0.1, 0.15) is 5.01 Å². The van der Waals surface area contributed by atoms with Crippen LogP contribution in [0.25, 0.3) is 10.6 Å². The van der Waals surface area contributed by atoms with Crippen molar-refractivity contribution >= 4 is 34.9 Å². The van der Waals surface area contributed by atoms with Crippen molar-refractivity contribution < 1.29 is 19.4 Å². The molecular weight excluding hydrogens is 452 g/mol. The van der Waals surface area contributed by atoms with Crippen LogP contribution in [-0.4, -0.2) is 56.0 Å². The fourth-order valence-corrected chi connectivity index (χ4v) is 5.55.